The predicted octanol–water partition coefficient (Wildman–Crippen LogP) is 0.107. The van der Waals surface area contributed by atoms with Crippen LogP contribution in [0.2, 0.25) is 0 Å². The molecule has 0 aliphatic carbocycles. The van der Waals surface area contributed by atoms with Gasteiger partial charge in [-0.2, -0.15) is 0 Å². The van der Waals surface area contributed by atoms with Crippen LogP contribution in [0.4, 0.5) is 0 Å². The minimum Gasteiger partial charge on any atom is -0.299 e. The number of carbonyl (C=O) groups is 2. The predicted molar refractivity (Wildman–Crippen MR) is 34.4 cm³/mol. The molecule has 0 spiro atoms. The molecule has 0 aromatic rings. The summed E-state index contributed by atoms with van der Waals surface area (Å²) < 4.78 is 0. The Morgan fingerprint density at radius 2 is 2.10 bits per heavy atom. The van der Waals surface area contributed by atoms with Gasteiger partial charge in [-0.1, -0.05) is 6.92 Å². The Kier molecular flexibility index (Phi) is 3.64. The molecule has 1 unspecified atom stereocenters. The average molecular weight is 145 g/mol. The molecular formula is C6H11NO3. The van der Waals surface area contributed by atoms with Crippen LogP contribution in [0.5, 0.6) is 0 Å². The topological polar surface area (TPSA) is 66.4 Å². The summed E-state index contributed by atoms with van der Waals surface area (Å²) in [4.78, 5) is 21.2. The van der Waals surface area contributed by atoms with Crippen molar-refractivity contribution in [2.45, 2.75) is 20.3 Å². The first-order chi connectivity index (χ1) is 4.63. The van der Waals surface area contributed by atoms with Gasteiger partial charge in [-0.25, -0.2) is 5.48 Å². The molecule has 0 aromatic heterocycles. The highest BCUT2D eigenvalue weighted by Crippen LogP contribution is 2.02. The quantitative estimate of drug-likeness (QED) is 0.336. The largest absolute Gasteiger partial charge is 0.299 e. The van der Waals surface area contributed by atoms with E-state index in [1.54, 1.807) is 6.92 Å². The van der Waals surface area contributed by atoms with Gasteiger partial charge in [0, 0.05) is 0 Å². The summed E-state index contributed by atoms with van der Waals surface area (Å²) in [7, 11) is 0. The highest BCUT2D eigenvalue weighted by atomic mass is 16.5. The second-order valence-electron chi connectivity index (χ2n) is 2.05. The number of ketones is 1. The van der Waals surface area contributed by atoms with Crippen LogP contribution in [-0.2, 0) is 9.59 Å². The van der Waals surface area contributed by atoms with Gasteiger partial charge in [-0.15, -0.1) is 0 Å². The fourth-order valence-corrected chi connectivity index (χ4v) is 0.735. The van der Waals surface area contributed by atoms with Gasteiger partial charge in [-0.05, 0) is 13.3 Å². The summed E-state index contributed by atoms with van der Waals surface area (Å²) in [5, 5.41) is 8.13. The molecule has 2 N–H and O–H groups in total. The molecule has 0 saturated heterocycles. The summed E-state index contributed by atoms with van der Waals surface area (Å²) >= 11 is 0. The number of hydrogen-bond acceptors (Lipinski definition) is 3. The molecule has 0 fully saturated rings. The van der Waals surface area contributed by atoms with Gasteiger partial charge in [0.15, 0.2) is 0 Å². The van der Waals surface area contributed by atoms with E-state index in [9.17, 15) is 9.59 Å². The van der Waals surface area contributed by atoms with Gasteiger partial charge in [0.2, 0.25) is 0 Å². The van der Waals surface area contributed by atoms with Crippen LogP contribution in [0.3, 0.4) is 0 Å². The zero-order valence-electron chi connectivity index (χ0n) is 6.05. The summed E-state index contributed by atoms with van der Waals surface area (Å²) in [6.07, 6.45) is 0.418. The van der Waals surface area contributed by atoms with Crippen molar-refractivity contribution >= 4 is 11.7 Å². The lowest BCUT2D eigenvalue weighted by Gasteiger charge is -2.06. The standard InChI is InChI=1S/C6H11NO3/c1-3-5(4(2)8)6(9)7-10/h5,10H,3H2,1-2H3,(H,7,9). The van der Waals surface area contributed by atoms with Crippen molar-refractivity contribution in [1.82, 2.24) is 5.48 Å². The monoisotopic (exact) mass is 145 g/mol. The van der Waals surface area contributed by atoms with Gasteiger partial charge in [0.1, 0.15) is 5.78 Å². The molecule has 4 nitrogen and oxygen atoms in total. The van der Waals surface area contributed by atoms with Gasteiger partial charge < -0.3 is 0 Å². The van der Waals surface area contributed by atoms with Crippen LogP contribution in [0.15, 0.2) is 0 Å². The molecule has 1 atom stereocenters. The van der Waals surface area contributed by atoms with Crippen LogP contribution in [0, 0.1) is 5.92 Å². The van der Waals surface area contributed by atoms with E-state index in [0.29, 0.717) is 6.42 Å². The van der Waals surface area contributed by atoms with Crippen molar-refractivity contribution < 1.29 is 14.8 Å². The van der Waals surface area contributed by atoms with E-state index in [4.69, 9.17) is 5.21 Å². The smallest absolute Gasteiger partial charge is 0.253 e. The zero-order chi connectivity index (χ0) is 8.15. The van der Waals surface area contributed by atoms with Crippen molar-refractivity contribution in [2.24, 2.45) is 5.92 Å². The third-order valence-electron chi connectivity index (χ3n) is 1.33. The number of amides is 1. The lowest BCUT2D eigenvalue weighted by atomic mass is 10.0. The van der Waals surface area contributed by atoms with Crippen LogP contribution >= 0.6 is 0 Å². The molecule has 0 saturated carbocycles. The van der Waals surface area contributed by atoms with E-state index in [2.05, 4.69) is 0 Å². The second-order valence-corrected chi connectivity index (χ2v) is 2.05. The number of rotatable bonds is 3. The lowest BCUT2D eigenvalue weighted by molar-refractivity contribution is -0.139. The van der Waals surface area contributed by atoms with Gasteiger partial charge in [0.05, 0.1) is 5.92 Å². The molecular weight excluding hydrogens is 134 g/mol. The Morgan fingerprint density at radius 3 is 2.20 bits per heavy atom. The molecule has 0 aromatic carbocycles. The first-order valence-electron chi connectivity index (χ1n) is 3.07. The fraction of sp³-hybridized carbons (Fsp3) is 0.667. The molecule has 4 heteroatoms. The van der Waals surface area contributed by atoms with E-state index in [0.717, 1.165) is 0 Å². The molecule has 58 valence electrons. The first-order valence-corrected chi connectivity index (χ1v) is 3.07. The average Bonchev–Trinajstić information content (AvgIpc) is 1.88. The maximum Gasteiger partial charge on any atom is 0.253 e. The number of hydrogen-bond donors (Lipinski definition) is 2. The Hall–Kier alpha value is -0.900. The van der Waals surface area contributed by atoms with Crippen molar-refractivity contribution in [3.05, 3.63) is 0 Å². The maximum atomic E-state index is 10.6. The van der Waals surface area contributed by atoms with E-state index in [1.165, 1.54) is 12.4 Å². The third-order valence-corrected chi connectivity index (χ3v) is 1.33. The van der Waals surface area contributed by atoms with Crippen LogP contribution in [-0.4, -0.2) is 16.9 Å². The normalized spacial score (nSPS) is 12.3. The molecule has 1 amide bonds. The Bertz CT molecular complexity index is 144. The summed E-state index contributed by atoms with van der Waals surface area (Å²) in [6.45, 7) is 3.03. The van der Waals surface area contributed by atoms with Crippen LogP contribution in [0.1, 0.15) is 20.3 Å². The van der Waals surface area contributed by atoms with E-state index in [1.807, 2.05) is 0 Å². The Morgan fingerprint density at radius 1 is 1.60 bits per heavy atom. The van der Waals surface area contributed by atoms with Crippen molar-refractivity contribution in [1.29, 1.82) is 0 Å². The maximum absolute atomic E-state index is 10.6. The van der Waals surface area contributed by atoms with Gasteiger partial charge in [0.25, 0.3) is 5.91 Å². The molecule has 0 aliphatic rings. The summed E-state index contributed by atoms with van der Waals surface area (Å²) in [5.41, 5.74) is 1.44. The zero-order valence-corrected chi connectivity index (χ0v) is 6.05. The second kappa shape index (κ2) is 4.00. The van der Waals surface area contributed by atoms with Crippen molar-refractivity contribution in [2.75, 3.05) is 0 Å². The summed E-state index contributed by atoms with van der Waals surface area (Å²) in [6, 6.07) is 0. The van der Waals surface area contributed by atoms with Crippen LogP contribution < -0.4 is 5.48 Å². The Balaban J connectivity index is 4.06. The first kappa shape index (κ1) is 9.10. The number of Topliss-reactive ketones (excluding diaryl/α,β-unsaturated/α-hetero) is 1. The number of hydroxylamine groups is 1. The summed E-state index contributed by atoms with van der Waals surface area (Å²) in [5.74, 6) is -1.56. The highest BCUT2D eigenvalue weighted by Gasteiger charge is 2.19. The number of carbonyl (C=O) groups excluding carboxylic acids is 2. The molecule has 0 rings (SSSR count). The Labute approximate surface area is 59.2 Å². The SMILES string of the molecule is CCC(C(C)=O)C(=O)NO. The van der Waals surface area contributed by atoms with Crippen molar-refractivity contribution in [3.63, 3.8) is 0 Å². The van der Waals surface area contributed by atoms with E-state index in [-0.39, 0.29) is 5.78 Å². The lowest BCUT2D eigenvalue weighted by Crippen LogP contribution is -2.31. The minimum absolute atomic E-state index is 0.228. The molecule has 0 bridgehead atoms. The van der Waals surface area contributed by atoms with E-state index >= 15 is 0 Å². The van der Waals surface area contributed by atoms with Gasteiger partial charge >= 0.3 is 0 Å². The molecule has 0 heterocycles. The van der Waals surface area contributed by atoms with Crippen LogP contribution in [0.25, 0.3) is 0 Å². The minimum atomic E-state index is -0.704. The number of nitrogens with one attached hydrogen (secondary N) is 1. The molecule has 0 radical (unpaired) electrons. The molecule has 0 aliphatic heterocycles. The fourth-order valence-electron chi connectivity index (χ4n) is 0.735. The highest BCUT2D eigenvalue weighted by molar-refractivity contribution is 5.99. The van der Waals surface area contributed by atoms with Crippen molar-refractivity contribution in [3.8, 4) is 0 Å². The van der Waals surface area contributed by atoms with Gasteiger partial charge in [-0.3, -0.25) is 14.8 Å². The van der Waals surface area contributed by atoms with E-state index < -0.39 is 11.8 Å². The third kappa shape index (κ3) is 2.14. The molecule has 10 heavy (non-hydrogen) atoms.